The minimum Gasteiger partial charge on any atom is -0.362 e. The first-order valence-corrected chi connectivity index (χ1v) is 3.99. The fourth-order valence-corrected chi connectivity index (χ4v) is 0.632. The first-order valence-electron chi connectivity index (χ1n) is 3.46. The highest BCUT2D eigenvalue weighted by atomic mass is 35.5. The van der Waals surface area contributed by atoms with Gasteiger partial charge in [-0.3, -0.25) is 0 Å². The molecular formula is C9H13ClO. The molecule has 0 aromatic heterocycles. The van der Waals surface area contributed by atoms with Gasteiger partial charge in [-0.1, -0.05) is 18.4 Å². The Kier molecular flexibility index (Phi) is 5.02. The van der Waals surface area contributed by atoms with E-state index in [0.717, 1.165) is 0 Å². The number of alkyl halides is 1. The molecular weight excluding hydrogens is 160 g/mol. The Balaban J connectivity index is 3.88. The zero-order valence-electron chi connectivity index (χ0n) is 6.98. The highest BCUT2D eigenvalue weighted by Crippen LogP contribution is 2.06. The summed E-state index contributed by atoms with van der Waals surface area (Å²) in [6.45, 7) is 7.81. The van der Waals surface area contributed by atoms with Gasteiger partial charge in [0, 0.05) is 5.88 Å². The lowest BCUT2D eigenvalue weighted by molar-refractivity contribution is 0.0375. The Morgan fingerprint density at radius 2 is 2.27 bits per heavy atom. The summed E-state index contributed by atoms with van der Waals surface area (Å²) in [5.41, 5.74) is -0.414. The standard InChI is InChI=1S/C9H13ClO/c1-4-5-6-9(2,3)11-8-7-10/h4H,1,7-8H2,2-3H3. The Morgan fingerprint density at radius 3 is 2.73 bits per heavy atom. The summed E-state index contributed by atoms with van der Waals surface area (Å²) in [5, 5.41) is 0. The van der Waals surface area contributed by atoms with Crippen LogP contribution in [0.3, 0.4) is 0 Å². The van der Waals surface area contributed by atoms with E-state index in [9.17, 15) is 0 Å². The third-order valence-electron chi connectivity index (χ3n) is 1.02. The van der Waals surface area contributed by atoms with Gasteiger partial charge < -0.3 is 4.74 Å². The molecule has 2 heteroatoms. The smallest absolute Gasteiger partial charge is 0.123 e. The van der Waals surface area contributed by atoms with Gasteiger partial charge in [-0.25, -0.2) is 0 Å². The van der Waals surface area contributed by atoms with E-state index in [1.54, 1.807) is 6.08 Å². The number of hydrogen-bond donors (Lipinski definition) is 0. The Labute approximate surface area is 73.4 Å². The molecule has 0 atom stereocenters. The minimum atomic E-state index is -0.414. The molecule has 0 spiro atoms. The maximum atomic E-state index is 5.45. The van der Waals surface area contributed by atoms with Crippen molar-refractivity contribution in [3.8, 4) is 11.8 Å². The van der Waals surface area contributed by atoms with Gasteiger partial charge in [0.1, 0.15) is 5.60 Å². The number of hydrogen-bond acceptors (Lipinski definition) is 1. The van der Waals surface area contributed by atoms with Gasteiger partial charge in [0.2, 0.25) is 0 Å². The highest BCUT2D eigenvalue weighted by Gasteiger charge is 2.12. The van der Waals surface area contributed by atoms with Crippen LogP contribution in [-0.2, 0) is 4.74 Å². The van der Waals surface area contributed by atoms with Crippen LogP contribution < -0.4 is 0 Å². The molecule has 0 bridgehead atoms. The average molecular weight is 173 g/mol. The molecule has 0 unspecified atom stereocenters. The Hall–Kier alpha value is -0.450. The van der Waals surface area contributed by atoms with E-state index < -0.39 is 5.60 Å². The summed E-state index contributed by atoms with van der Waals surface area (Å²) in [7, 11) is 0. The highest BCUT2D eigenvalue weighted by molar-refractivity contribution is 6.17. The zero-order chi connectivity index (χ0) is 8.74. The van der Waals surface area contributed by atoms with Crippen LogP contribution >= 0.6 is 11.6 Å². The van der Waals surface area contributed by atoms with Crippen LogP contribution in [-0.4, -0.2) is 18.1 Å². The third-order valence-corrected chi connectivity index (χ3v) is 1.17. The Bertz CT molecular complexity index is 174. The molecule has 0 amide bonds. The van der Waals surface area contributed by atoms with Crippen molar-refractivity contribution in [1.82, 2.24) is 0 Å². The van der Waals surface area contributed by atoms with E-state index in [1.807, 2.05) is 13.8 Å². The van der Waals surface area contributed by atoms with Gasteiger partial charge >= 0.3 is 0 Å². The van der Waals surface area contributed by atoms with Crippen LogP contribution in [0.25, 0.3) is 0 Å². The van der Waals surface area contributed by atoms with Gasteiger partial charge in [0.25, 0.3) is 0 Å². The minimum absolute atomic E-state index is 0.414. The number of rotatable bonds is 3. The maximum Gasteiger partial charge on any atom is 0.123 e. The predicted molar refractivity (Wildman–Crippen MR) is 48.7 cm³/mol. The summed E-state index contributed by atoms with van der Waals surface area (Å²) >= 11 is 5.45. The molecule has 0 radical (unpaired) electrons. The summed E-state index contributed by atoms with van der Waals surface area (Å²) in [6.07, 6.45) is 1.55. The number of ether oxygens (including phenoxy) is 1. The predicted octanol–water partition coefficient (Wildman–Crippen LogP) is 2.21. The maximum absolute atomic E-state index is 5.45. The molecule has 62 valence electrons. The molecule has 0 fully saturated rings. The average Bonchev–Trinajstić information content (AvgIpc) is 1.97. The topological polar surface area (TPSA) is 9.23 Å². The molecule has 0 aliphatic heterocycles. The molecule has 1 nitrogen and oxygen atoms in total. The molecule has 0 heterocycles. The fourth-order valence-electron chi connectivity index (χ4n) is 0.555. The summed E-state index contributed by atoms with van der Waals surface area (Å²) in [6, 6.07) is 0. The second-order valence-electron chi connectivity index (χ2n) is 2.52. The van der Waals surface area contributed by atoms with E-state index in [-0.39, 0.29) is 0 Å². The van der Waals surface area contributed by atoms with Gasteiger partial charge in [0.05, 0.1) is 6.61 Å². The molecule has 0 aromatic carbocycles. The molecule has 0 aromatic rings. The van der Waals surface area contributed by atoms with Crippen molar-refractivity contribution in [2.75, 3.05) is 12.5 Å². The van der Waals surface area contributed by atoms with E-state index in [0.29, 0.717) is 12.5 Å². The van der Waals surface area contributed by atoms with E-state index in [4.69, 9.17) is 16.3 Å². The lowest BCUT2D eigenvalue weighted by Gasteiger charge is -2.17. The van der Waals surface area contributed by atoms with E-state index in [2.05, 4.69) is 18.4 Å². The van der Waals surface area contributed by atoms with Crippen LogP contribution in [0, 0.1) is 11.8 Å². The van der Waals surface area contributed by atoms with Gasteiger partial charge in [-0.15, -0.1) is 11.6 Å². The van der Waals surface area contributed by atoms with E-state index >= 15 is 0 Å². The molecule has 0 saturated heterocycles. The molecule has 0 aliphatic carbocycles. The van der Waals surface area contributed by atoms with Crippen molar-refractivity contribution in [1.29, 1.82) is 0 Å². The number of halogens is 1. The quantitative estimate of drug-likeness (QED) is 0.469. The second-order valence-corrected chi connectivity index (χ2v) is 2.90. The largest absolute Gasteiger partial charge is 0.362 e. The summed E-state index contributed by atoms with van der Waals surface area (Å²) < 4.78 is 5.33. The Morgan fingerprint density at radius 1 is 1.64 bits per heavy atom. The van der Waals surface area contributed by atoms with Crippen LogP contribution in [0.1, 0.15) is 13.8 Å². The summed E-state index contributed by atoms with van der Waals surface area (Å²) in [5.74, 6) is 6.14. The van der Waals surface area contributed by atoms with Crippen molar-refractivity contribution in [3.63, 3.8) is 0 Å². The van der Waals surface area contributed by atoms with Crippen LogP contribution in [0.2, 0.25) is 0 Å². The van der Waals surface area contributed by atoms with Gasteiger partial charge in [0.15, 0.2) is 0 Å². The van der Waals surface area contributed by atoms with Crippen molar-refractivity contribution >= 4 is 11.6 Å². The van der Waals surface area contributed by atoms with Crippen LogP contribution in [0.15, 0.2) is 12.7 Å². The lowest BCUT2D eigenvalue weighted by atomic mass is 10.1. The molecule has 0 aliphatic rings. The third kappa shape index (κ3) is 5.97. The normalized spacial score (nSPS) is 10.1. The van der Waals surface area contributed by atoms with Crippen molar-refractivity contribution in [2.45, 2.75) is 19.4 Å². The monoisotopic (exact) mass is 172 g/mol. The summed E-state index contributed by atoms with van der Waals surface area (Å²) in [4.78, 5) is 0. The second kappa shape index (κ2) is 5.23. The molecule has 11 heavy (non-hydrogen) atoms. The van der Waals surface area contributed by atoms with Crippen LogP contribution in [0.4, 0.5) is 0 Å². The molecule has 0 saturated carbocycles. The van der Waals surface area contributed by atoms with Crippen molar-refractivity contribution < 1.29 is 4.74 Å². The SMILES string of the molecule is C=CC#CC(C)(C)OCCCl. The molecule has 0 N–H and O–H groups in total. The first-order chi connectivity index (χ1) is 5.12. The van der Waals surface area contributed by atoms with Gasteiger partial charge in [-0.05, 0) is 19.9 Å². The number of allylic oxidation sites excluding steroid dienone is 1. The molecule has 0 rings (SSSR count). The van der Waals surface area contributed by atoms with Crippen molar-refractivity contribution in [3.05, 3.63) is 12.7 Å². The van der Waals surface area contributed by atoms with Gasteiger partial charge in [-0.2, -0.15) is 0 Å². The zero-order valence-corrected chi connectivity index (χ0v) is 7.74. The first kappa shape index (κ1) is 10.6. The van der Waals surface area contributed by atoms with Crippen molar-refractivity contribution in [2.24, 2.45) is 0 Å². The van der Waals surface area contributed by atoms with Crippen LogP contribution in [0.5, 0.6) is 0 Å². The van der Waals surface area contributed by atoms with E-state index in [1.165, 1.54) is 0 Å². The lowest BCUT2D eigenvalue weighted by Crippen LogP contribution is -2.22. The fraction of sp³-hybridized carbons (Fsp3) is 0.556.